The van der Waals surface area contributed by atoms with Crippen molar-refractivity contribution < 1.29 is 15.0 Å². The van der Waals surface area contributed by atoms with E-state index in [2.05, 4.69) is 5.32 Å². The molecule has 0 aromatic rings. The lowest BCUT2D eigenvalue weighted by Gasteiger charge is -2.09. The van der Waals surface area contributed by atoms with Crippen LogP contribution in [0.3, 0.4) is 0 Å². The van der Waals surface area contributed by atoms with Crippen LogP contribution in [0.4, 0.5) is 0 Å². The molecule has 0 saturated carbocycles. The van der Waals surface area contributed by atoms with Gasteiger partial charge in [0.05, 0.1) is 5.92 Å². The van der Waals surface area contributed by atoms with Crippen molar-refractivity contribution in [2.45, 2.75) is 0 Å². The molecule has 0 aliphatic carbocycles. The highest BCUT2D eigenvalue weighted by atomic mass is 16.4. The topological polar surface area (TPSA) is 69.6 Å². The summed E-state index contributed by atoms with van der Waals surface area (Å²) in [5.74, 6) is -1.31. The fraction of sp³-hybridized carbons (Fsp3) is 0.833. The predicted molar refractivity (Wildman–Crippen MR) is 34.6 cm³/mol. The molecular formula is C6H11NO3. The second kappa shape index (κ2) is 2.98. The van der Waals surface area contributed by atoms with Crippen LogP contribution < -0.4 is 5.32 Å². The highest BCUT2D eigenvalue weighted by Crippen LogP contribution is 2.15. The van der Waals surface area contributed by atoms with Crippen molar-refractivity contribution in [3.05, 3.63) is 0 Å². The summed E-state index contributed by atoms with van der Waals surface area (Å²) >= 11 is 0. The van der Waals surface area contributed by atoms with Gasteiger partial charge in [-0.1, -0.05) is 0 Å². The van der Waals surface area contributed by atoms with E-state index in [1.807, 2.05) is 0 Å². The minimum absolute atomic E-state index is 0.0377. The maximum atomic E-state index is 10.4. The Labute approximate surface area is 58.9 Å². The first-order valence-corrected chi connectivity index (χ1v) is 3.30. The summed E-state index contributed by atoms with van der Waals surface area (Å²) in [7, 11) is 0. The number of aliphatic carboxylic acids is 1. The molecule has 10 heavy (non-hydrogen) atoms. The Morgan fingerprint density at radius 2 is 2.30 bits per heavy atom. The Balaban J connectivity index is 2.50. The van der Waals surface area contributed by atoms with Gasteiger partial charge in [-0.15, -0.1) is 0 Å². The van der Waals surface area contributed by atoms with Gasteiger partial charge in [-0.05, 0) is 0 Å². The summed E-state index contributed by atoms with van der Waals surface area (Å²) < 4.78 is 0. The molecular weight excluding hydrogens is 134 g/mol. The van der Waals surface area contributed by atoms with Gasteiger partial charge in [0.25, 0.3) is 0 Å². The van der Waals surface area contributed by atoms with E-state index in [9.17, 15) is 4.79 Å². The molecule has 1 heterocycles. The first-order chi connectivity index (χ1) is 4.75. The van der Waals surface area contributed by atoms with Crippen molar-refractivity contribution in [1.82, 2.24) is 5.32 Å². The van der Waals surface area contributed by atoms with Gasteiger partial charge in [0.1, 0.15) is 0 Å². The van der Waals surface area contributed by atoms with Crippen LogP contribution in [0.2, 0.25) is 0 Å². The van der Waals surface area contributed by atoms with Crippen molar-refractivity contribution in [2.75, 3.05) is 19.7 Å². The summed E-state index contributed by atoms with van der Waals surface area (Å²) in [6.45, 7) is 1.07. The van der Waals surface area contributed by atoms with Crippen LogP contribution in [-0.4, -0.2) is 35.9 Å². The molecule has 0 amide bonds. The van der Waals surface area contributed by atoms with Gasteiger partial charge in [-0.3, -0.25) is 4.79 Å². The molecule has 1 aliphatic rings. The average molecular weight is 145 g/mol. The standard InChI is InChI=1S/C6H11NO3/c8-3-4-1-7-2-5(4)6(9)10/h4-5,7-8H,1-3H2,(H,9,10)/t4-,5+/m1/s1. The molecule has 0 spiro atoms. The Hall–Kier alpha value is -0.610. The Kier molecular flexibility index (Phi) is 2.24. The fourth-order valence-electron chi connectivity index (χ4n) is 1.21. The van der Waals surface area contributed by atoms with Crippen molar-refractivity contribution >= 4 is 5.97 Å². The normalized spacial score (nSPS) is 32.5. The lowest BCUT2D eigenvalue weighted by atomic mass is 9.97. The highest BCUT2D eigenvalue weighted by Gasteiger charge is 2.31. The van der Waals surface area contributed by atoms with E-state index in [4.69, 9.17) is 10.2 Å². The molecule has 2 atom stereocenters. The number of carbonyl (C=O) groups is 1. The summed E-state index contributed by atoms with van der Waals surface area (Å²) in [4.78, 5) is 10.4. The molecule has 0 bridgehead atoms. The average Bonchev–Trinajstić information content (AvgIpc) is 2.33. The smallest absolute Gasteiger partial charge is 0.308 e. The quantitative estimate of drug-likeness (QED) is 0.461. The fourth-order valence-corrected chi connectivity index (χ4v) is 1.21. The zero-order valence-corrected chi connectivity index (χ0v) is 5.58. The molecule has 4 nitrogen and oxygen atoms in total. The number of nitrogens with one attached hydrogen (secondary N) is 1. The van der Waals surface area contributed by atoms with Gasteiger partial charge in [-0.2, -0.15) is 0 Å². The Morgan fingerprint density at radius 1 is 1.60 bits per heavy atom. The van der Waals surface area contributed by atoms with Crippen molar-refractivity contribution in [1.29, 1.82) is 0 Å². The number of carboxylic acid groups (broad SMARTS) is 1. The van der Waals surface area contributed by atoms with E-state index in [0.29, 0.717) is 13.1 Å². The van der Waals surface area contributed by atoms with Crippen LogP contribution in [-0.2, 0) is 4.79 Å². The van der Waals surface area contributed by atoms with Crippen LogP contribution in [0.15, 0.2) is 0 Å². The molecule has 4 heteroatoms. The van der Waals surface area contributed by atoms with Crippen molar-refractivity contribution in [3.63, 3.8) is 0 Å². The third-order valence-corrected chi connectivity index (χ3v) is 1.89. The number of rotatable bonds is 2. The van der Waals surface area contributed by atoms with E-state index in [1.54, 1.807) is 0 Å². The van der Waals surface area contributed by atoms with E-state index in [-0.39, 0.29) is 12.5 Å². The van der Waals surface area contributed by atoms with Gasteiger partial charge in [0.15, 0.2) is 0 Å². The Morgan fingerprint density at radius 3 is 2.70 bits per heavy atom. The van der Waals surface area contributed by atoms with Crippen LogP contribution in [0, 0.1) is 11.8 Å². The van der Waals surface area contributed by atoms with Crippen molar-refractivity contribution in [2.24, 2.45) is 11.8 Å². The van der Waals surface area contributed by atoms with Crippen LogP contribution in [0.5, 0.6) is 0 Å². The van der Waals surface area contributed by atoms with Gasteiger partial charge in [0.2, 0.25) is 0 Å². The highest BCUT2D eigenvalue weighted by molar-refractivity contribution is 5.71. The van der Waals surface area contributed by atoms with Gasteiger partial charge in [0, 0.05) is 25.6 Å². The first kappa shape index (κ1) is 7.50. The summed E-state index contributed by atoms with van der Waals surface area (Å²) in [6, 6.07) is 0. The number of aliphatic hydroxyl groups excluding tert-OH is 1. The van der Waals surface area contributed by atoms with E-state index < -0.39 is 11.9 Å². The van der Waals surface area contributed by atoms with Crippen LogP contribution >= 0.6 is 0 Å². The van der Waals surface area contributed by atoms with E-state index in [1.165, 1.54) is 0 Å². The number of aliphatic hydroxyl groups is 1. The summed E-state index contributed by atoms with van der Waals surface area (Å²) in [5, 5.41) is 20.2. The maximum Gasteiger partial charge on any atom is 0.308 e. The molecule has 1 rings (SSSR count). The van der Waals surface area contributed by atoms with E-state index in [0.717, 1.165) is 0 Å². The third-order valence-electron chi connectivity index (χ3n) is 1.89. The van der Waals surface area contributed by atoms with Gasteiger partial charge in [-0.25, -0.2) is 0 Å². The minimum Gasteiger partial charge on any atom is -0.481 e. The van der Waals surface area contributed by atoms with Crippen molar-refractivity contribution in [3.8, 4) is 0 Å². The monoisotopic (exact) mass is 145 g/mol. The first-order valence-electron chi connectivity index (χ1n) is 3.30. The molecule has 1 fully saturated rings. The van der Waals surface area contributed by atoms with Gasteiger partial charge >= 0.3 is 5.97 Å². The summed E-state index contributed by atoms with van der Waals surface area (Å²) in [5.41, 5.74) is 0. The minimum atomic E-state index is -0.816. The number of carboxylic acids is 1. The molecule has 1 saturated heterocycles. The number of hydrogen-bond donors (Lipinski definition) is 3. The molecule has 0 aromatic heterocycles. The summed E-state index contributed by atoms with van der Waals surface area (Å²) in [6.07, 6.45) is 0. The number of hydrogen-bond acceptors (Lipinski definition) is 3. The Bertz CT molecular complexity index is 137. The maximum absolute atomic E-state index is 10.4. The second-order valence-electron chi connectivity index (χ2n) is 2.55. The largest absolute Gasteiger partial charge is 0.481 e. The predicted octanol–water partition coefficient (Wildman–Crippen LogP) is -1.10. The van der Waals surface area contributed by atoms with Crippen LogP contribution in [0.25, 0.3) is 0 Å². The van der Waals surface area contributed by atoms with Gasteiger partial charge < -0.3 is 15.5 Å². The third kappa shape index (κ3) is 1.27. The molecule has 0 aromatic carbocycles. The SMILES string of the molecule is O=C(O)[C@H]1CNC[C@@H]1CO. The second-order valence-corrected chi connectivity index (χ2v) is 2.55. The van der Waals surface area contributed by atoms with Crippen LogP contribution in [0.1, 0.15) is 0 Å². The molecule has 1 aliphatic heterocycles. The lowest BCUT2D eigenvalue weighted by Crippen LogP contribution is -2.24. The zero-order chi connectivity index (χ0) is 7.56. The molecule has 58 valence electrons. The molecule has 0 radical (unpaired) electrons. The molecule has 3 N–H and O–H groups in total. The molecule has 0 unspecified atom stereocenters. The lowest BCUT2D eigenvalue weighted by molar-refractivity contribution is -0.142. The zero-order valence-electron chi connectivity index (χ0n) is 5.58. The van der Waals surface area contributed by atoms with E-state index >= 15 is 0 Å².